The van der Waals surface area contributed by atoms with Crippen molar-refractivity contribution in [1.29, 1.82) is 0 Å². The number of nitrogens with zero attached hydrogens (tertiary/aromatic N) is 2. The summed E-state index contributed by atoms with van der Waals surface area (Å²) in [6.45, 7) is 2.58. The van der Waals surface area contributed by atoms with Crippen LogP contribution in [-0.4, -0.2) is 9.97 Å². The average Bonchev–Trinajstić information content (AvgIpc) is 2.79. The van der Waals surface area contributed by atoms with Crippen molar-refractivity contribution in [3.63, 3.8) is 0 Å². The number of hydrogen-bond donors (Lipinski definition) is 1. The molecule has 3 nitrogen and oxygen atoms in total. The Hall–Kier alpha value is -2.01. The SMILES string of the molecule is Cc1csc2ncnc(NCc3cccc(F)c3)c12. The van der Waals surface area contributed by atoms with Crippen LogP contribution in [0, 0.1) is 12.7 Å². The van der Waals surface area contributed by atoms with Gasteiger partial charge in [-0.3, -0.25) is 0 Å². The van der Waals surface area contributed by atoms with E-state index in [1.807, 2.05) is 13.0 Å². The Morgan fingerprint density at radius 1 is 1.32 bits per heavy atom. The largest absolute Gasteiger partial charge is 0.365 e. The van der Waals surface area contributed by atoms with Gasteiger partial charge in [0, 0.05) is 6.54 Å². The number of nitrogens with one attached hydrogen (secondary N) is 1. The number of anilines is 1. The van der Waals surface area contributed by atoms with Crippen molar-refractivity contribution < 1.29 is 4.39 Å². The fourth-order valence-electron chi connectivity index (χ4n) is 1.98. The van der Waals surface area contributed by atoms with E-state index in [9.17, 15) is 4.39 Å². The predicted molar refractivity (Wildman–Crippen MR) is 75.9 cm³/mol. The third-order valence-electron chi connectivity index (χ3n) is 2.90. The van der Waals surface area contributed by atoms with Gasteiger partial charge in [0.25, 0.3) is 0 Å². The van der Waals surface area contributed by atoms with Gasteiger partial charge in [0.1, 0.15) is 22.8 Å². The zero-order valence-corrected chi connectivity index (χ0v) is 11.2. The predicted octanol–water partition coefficient (Wildman–Crippen LogP) is 3.75. The molecule has 0 radical (unpaired) electrons. The summed E-state index contributed by atoms with van der Waals surface area (Å²) in [4.78, 5) is 9.47. The molecule has 0 spiro atoms. The number of aryl methyl sites for hydroxylation is 1. The Morgan fingerprint density at radius 3 is 3.05 bits per heavy atom. The van der Waals surface area contributed by atoms with E-state index in [1.165, 1.54) is 12.1 Å². The number of benzene rings is 1. The van der Waals surface area contributed by atoms with Crippen LogP contribution in [-0.2, 0) is 6.54 Å². The Morgan fingerprint density at radius 2 is 2.21 bits per heavy atom. The number of fused-ring (bicyclic) bond motifs is 1. The van der Waals surface area contributed by atoms with E-state index in [-0.39, 0.29) is 5.82 Å². The first-order chi connectivity index (χ1) is 9.24. The van der Waals surface area contributed by atoms with Gasteiger partial charge in [-0.05, 0) is 35.6 Å². The van der Waals surface area contributed by atoms with Crippen LogP contribution < -0.4 is 5.32 Å². The molecule has 0 saturated heterocycles. The van der Waals surface area contributed by atoms with Crippen LogP contribution in [0.2, 0.25) is 0 Å². The number of rotatable bonds is 3. The molecule has 5 heteroatoms. The highest BCUT2D eigenvalue weighted by Crippen LogP contribution is 2.28. The van der Waals surface area contributed by atoms with Gasteiger partial charge < -0.3 is 5.32 Å². The maximum atomic E-state index is 13.1. The summed E-state index contributed by atoms with van der Waals surface area (Å²) in [5.74, 6) is 0.576. The molecule has 0 unspecified atom stereocenters. The summed E-state index contributed by atoms with van der Waals surface area (Å²) in [6.07, 6.45) is 1.55. The molecule has 2 aromatic heterocycles. The minimum atomic E-state index is -0.223. The number of hydrogen-bond acceptors (Lipinski definition) is 4. The zero-order valence-electron chi connectivity index (χ0n) is 10.4. The quantitative estimate of drug-likeness (QED) is 0.789. The molecule has 2 heterocycles. The smallest absolute Gasteiger partial charge is 0.138 e. The molecule has 0 amide bonds. The van der Waals surface area contributed by atoms with Gasteiger partial charge in [-0.15, -0.1) is 11.3 Å². The van der Waals surface area contributed by atoms with Gasteiger partial charge in [-0.25, -0.2) is 14.4 Å². The second-order valence-corrected chi connectivity index (χ2v) is 5.16. The highest BCUT2D eigenvalue weighted by Gasteiger charge is 2.08. The lowest BCUT2D eigenvalue weighted by atomic mass is 10.2. The molecule has 0 aliphatic rings. The molecule has 0 aliphatic carbocycles. The lowest BCUT2D eigenvalue weighted by Gasteiger charge is -2.07. The second-order valence-electron chi connectivity index (χ2n) is 4.30. The number of aromatic nitrogens is 2. The van der Waals surface area contributed by atoms with Crippen LogP contribution in [0.15, 0.2) is 36.0 Å². The Labute approximate surface area is 114 Å². The normalized spacial score (nSPS) is 10.8. The maximum absolute atomic E-state index is 13.1. The van der Waals surface area contributed by atoms with E-state index >= 15 is 0 Å². The first-order valence-corrected chi connectivity index (χ1v) is 6.79. The summed E-state index contributed by atoms with van der Waals surface area (Å²) >= 11 is 1.60. The van der Waals surface area contributed by atoms with E-state index in [0.717, 1.165) is 27.2 Å². The first-order valence-electron chi connectivity index (χ1n) is 5.91. The molecule has 3 rings (SSSR count). The highest BCUT2D eigenvalue weighted by molar-refractivity contribution is 7.17. The van der Waals surface area contributed by atoms with Gasteiger partial charge in [0.15, 0.2) is 0 Å². The topological polar surface area (TPSA) is 37.8 Å². The van der Waals surface area contributed by atoms with Gasteiger partial charge in [-0.1, -0.05) is 12.1 Å². The van der Waals surface area contributed by atoms with Gasteiger partial charge in [-0.2, -0.15) is 0 Å². The number of thiophene rings is 1. The summed E-state index contributed by atoms with van der Waals surface area (Å²) in [5.41, 5.74) is 2.04. The van der Waals surface area contributed by atoms with Crippen molar-refractivity contribution in [1.82, 2.24) is 9.97 Å². The van der Waals surface area contributed by atoms with E-state index in [2.05, 4.69) is 20.7 Å². The lowest BCUT2D eigenvalue weighted by molar-refractivity contribution is 0.626. The first kappa shape index (κ1) is 12.0. The summed E-state index contributed by atoms with van der Waals surface area (Å²) in [6, 6.07) is 6.55. The van der Waals surface area contributed by atoms with Crippen LogP contribution >= 0.6 is 11.3 Å². The molecule has 0 fully saturated rings. The third kappa shape index (κ3) is 2.42. The van der Waals surface area contributed by atoms with Crippen LogP contribution in [0.5, 0.6) is 0 Å². The Bertz CT molecular complexity index is 724. The Kier molecular flexibility index (Phi) is 3.13. The van der Waals surface area contributed by atoms with Crippen LogP contribution in [0.25, 0.3) is 10.2 Å². The lowest BCUT2D eigenvalue weighted by Crippen LogP contribution is -2.02. The van der Waals surface area contributed by atoms with Crippen molar-refractivity contribution in [3.05, 3.63) is 52.9 Å². The standard InChI is InChI=1S/C14H12FN3S/c1-9-7-19-14-12(9)13(17-8-18-14)16-6-10-3-2-4-11(15)5-10/h2-5,7-8H,6H2,1H3,(H,16,17,18). The summed E-state index contributed by atoms with van der Waals surface area (Å²) in [7, 11) is 0. The van der Waals surface area contributed by atoms with E-state index in [1.54, 1.807) is 23.7 Å². The zero-order chi connectivity index (χ0) is 13.2. The molecule has 0 atom stereocenters. The van der Waals surface area contributed by atoms with Gasteiger partial charge in [0.05, 0.1) is 5.39 Å². The van der Waals surface area contributed by atoms with Crippen molar-refractivity contribution in [2.45, 2.75) is 13.5 Å². The van der Waals surface area contributed by atoms with Crippen LogP contribution in [0.3, 0.4) is 0 Å². The van der Waals surface area contributed by atoms with Crippen LogP contribution in [0.1, 0.15) is 11.1 Å². The molecular formula is C14H12FN3S. The van der Waals surface area contributed by atoms with Crippen molar-refractivity contribution in [2.24, 2.45) is 0 Å². The van der Waals surface area contributed by atoms with Gasteiger partial charge in [0.2, 0.25) is 0 Å². The molecule has 3 aromatic rings. The molecular weight excluding hydrogens is 261 g/mol. The Balaban J connectivity index is 1.88. The third-order valence-corrected chi connectivity index (χ3v) is 3.91. The molecule has 1 N–H and O–H groups in total. The molecule has 0 saturated carbocycles. The summed E-state index contributed by atoms with van der Waals surface area (Å²) < 4.78 is 13.1. The maximum Gasteiger partial charge on any atom is 0.138 e. The fourth-order valence-corrected chi connectivity index (χ4v) is 2.87. The highest BCUT2D eigenvalue weighted by atomic mass is 32.1. The minimum absolute atomic E-state index is 0.223. The van der Waals surface area contributed by atoms with E-state index < -0.39 is 0 Å². The monoisotopic (exact) mass is 273 g/mol. The number of halogens is 1. The molecule has 96 valence electrons. The molecule has 19 heavy (non-hydrogen) atoms. The summed E-state index contributed by atoms with van der Waals surface area (Å²) in [5, 5.41) is 6.35. The fraction of sp³-hybridized carbons (Fsp3) is 0.143. The van der Waals surface area contributed by atoms with Crippen molar-refractivity contribution in [3.8, 4) is 0 Å². The van der Waals surface area contributed by atoms with E-state index in [0.29, 0.717) is 6.54 Å². The van der Waals surface area contributed by atoms with Crippen molar-refractivity contribution in [2.75, 3.05) is 5.32 Å². The minimum Gasteiger partial charge on any atom is -0.365 e. The molecule has 0 bridgehead atoms. The van der Waals surface area contributed by atoms with Crippen molar-refractivity contribution >= 4 is 27.4 Å². The van der Waals surface area contributed by atoms with E-state index in [4.69, 9.17) is 0 Å². The van der Waals surface area contributed by atoms with Gasteiger partial charge >= 0.3 is 0 Å². The van der Waals surface area contributed by atoms with Crippen LogP contribution in [0.4, 0.5) is 10.2 Å². The second kappa shape index (κ2) is 4.93. The molecule has 1 aromatic carbocycles. The molecule has 0 aliphatic heterocycles. The average molecular weight is 273 g/mol.